The Hall–Kier alpha value is -4.27. The van der Waals surface area contributed by atoms with Crippen LogP contribution < -0.4 is 5.32 Å². The molecule has 1 amide bonds. The standard InChI is InChI=1S/C28H25F6N5O3S/c1-26(2,3)42-25(41)39-12-18(13-39)36-24-37-23(40)22(43-24)19(14-5-7-21-16(8-14)11-35-38-21)9-15-4-6-17(27(29,30)31)10-20(15)28(32,33)34/h4-11,18,40H,12-13H2,1-3H3,(H,35,38)(H,36,37). The van der Waals surface area contributed by atoms with E-state index in [1.165, 1.54) is 11.1 Å². The van der Waals surface area contributed by atoms with Gasteiger partial charge in [-0.15, -0.1) is 0 Å². The Morgan fingerprint density at radius 2 is 1.81 bits per heavy atom. The highest BCUT2D eigenvalue weighted by Crippen LogP contribution is 2.43. The molecule has 15 heteroatoms. The van der Waals surface area contributed by atoms with E-state index in [1.807, 2.05) is 0 Å². The Labute approximate surface area is 245 Å². The van der Waals surface area contributed by atoms with Gasteiger partial charge in [-0.2, -0.15) is 36.4 Å². The zero-order valence-corrected chi connectivity index (χ0v) is 23.7. The third-order valence-corrected chi connectivity index (χ3v) is 7.46. The summed E-state index contributed by atoms with van der Waals surface area (Å²) in [5.41, 5.74) is -3.00. The van der Waals surface area contributed by atoms with E-state index in [4.69, 9.17) is 4.74 Å². The van der Waals surface area contributed by atoms with E-state index >= 15 is 0 Å². The number of anilines is 1. The number of carbonyl (C=O) groups is 1. The SMILES string of the molecule is CC(C)(C)OC(=O)N1CC(Nc2nc(O)c(C(=Cc3ccc(C(F)(F)F)cc3C(F)(F)F)c3ccc4[nH]ncc4c3)s2)C1. The molecule has 2 aromatic carbocycles. The molecule has 0 saturated carbocycles. The monoisotopic (exact) mass is 625 g/mol. The molecule has 0 unspecified atom stereocenters. The van der Waals surface area contributed by atoms with Gasteiger partial charge in [0.15, 0.2) is 5.13 Å². The van der Waals surface area contributed by atoms with Crippen LogP contribution in [0.15, 0.2) is 42.6 Å². The summed E-state index contributed by atoms with van der Waals surface area (Å²) < 4.78 is 87.1. The number of thiazole rings is 1. The molecule has 1 aliphatic heterocycles. The number of alkyl halides is 6. The Morgan fingerprint density at radius 3 is 2.47 bits per heavy atom. The molecule has 1 fully saturated rings. The van der Waals surface area contributed by atoms with Gasteiger partial charge in [0.05, 0.1) is 28.9 Å². The number of aromatic hydroxyl groups is 1. The number of likely N-dealkylation sites (tertiary alicyclic amines) is 1. The molecule has 5 rings (SSSR count). The summed E-state index contributed by atoms with van der Waals surface area (Å²) >= 11 is 0.947. The zero-order chi connectivity index (χ0) is 31.3. The van der Waals surface area contributed by atoms with Crippen molar-refractivity contribution in [3.8, 4) is 5.88 Å². The Balaban J connectivity index is 1.51. The van der Waals surface area contributed by atoms with Crippen molar-refractivity contribution < 1.29 is 41.0 Å². The summed E-state index contributed by atoms with van der Waals surface area (Å²) in [6, 6.07) is 6.00. The minimum atomic E-state index is -5.10. The minimum Gasteiger partial charge on any atom is -0.492 e. The van der Waals surface area contributed by atoms with Crippen molar-refractivity contribution in [2.45, 2.75) is 44.8 Å². The lowest BCUT2D eigenvalue weighted by Gasteiger charge is -2.39. The predicted molar refractivity (Wildman–Crippen MR) is 149 cm³/mol. The van der Waals surface area contributed by atoms with Gasteiger partial charge in [-0.1, -0.05) is 23.5 Å². The fourth-order valence-corrected chi connectivity index (χ4v) is 5.39. The largest absolute Gasteiger partial charge is 0.492 e. The predicted octanol–water partition coefficient (Wildman–Crippen LogP) is 7.38. The van der Waals surface area contributed by atoms with Crippen LogP contribution in [-0.2, 0) is 17.1 Å². The van der Waals surface area contributed by atoms with Crippen molar-refractivity contribution in [3.63, 3.8) is 0 Å². The molecule has 2 aromatic heterocycles. The first-order chi connectivity index (χ1) is 20.0. The molecule has 0 aliphatic carbocycles. The van der Waals surface area contributed by atoms with Crippen molar-refractivity contribution in [1.29, 1.82) is 0 Å². The quantitative estimate of drug-likeness (QED) is 0.158. The molecule has 1 aliphatic rings. The average molecular weight is 626 g/mol. The van der Waals surface area contributed by atoms with Crippen LogP contribution in [0.5, 0.6) is 5.88 Å². The molecule has 1 saturated heterocycles. The van der Waals surface area contributed by atoms with E-state index in [9.17, 15) is 36.2 Å². The van der Waals surface area contributed by atoms with E-state index in [1.54, 1.807) is 39.0 Å². The van der Waals surface area contributed by atoms with Crippen LogP contribution in [0.4, 0.5) is 36.3 Å². The van der Waals surface area contributed by atoms with Gasteiger partial charge in [0.2, 0.25) is 5.88 Å². The van der Waals surface area contributed by atoms with Gasteiger partial charge in [-0.25, -0.2) is 4.79 Å². The second-order valence-corrected chi connectivity index (χ2v) is 11.9. The van der Waals surface area contributed by atoms with Crippen LogP contribution in [-0.4, -0.2) is 56.0 Å². The average Bonchev–Trinajstić information content (AvgIpc) is 3.47. The number of nitrogens with zero attached hydrogens (tertiary/aromatic N) is 3. The third-order valence-electron chi connectivity index (χ3n) is 6.45. The highest BCUT2D eigenvalue weighted by Gasteiger charge is 2.38. The molecular weight excluding hydrogens is 600 g/mol. The maximum atomic E-state index is 14.0. The van der Waals surface area contributed by atoms with Gasteiger partial charge in [0.25, 0.3) is 0 Å². The first-order valence-corrected chi connectivity index (χ1v) is 13.7. The van der Waals surface area contributed by atoms with Gasteiger partial charge in [-0.05, 0) is 62.2 Å². The number of hydrogen-bond acceptors (Lipinski definition) is 7. The van der Waals surface area contributed by atoms with Crippen molar-refractivity contribution >= 4 is 45.1 Å². The van der Waals surface area contributed by atoms with Crippen molar-refractivity contribution in [3.05, 3.63) is 69.7 Å². The summed E-state index contributed by atoms with van der Waals surface area (Å²) in [5, 5.41) is 21.5. The van der Waals surface area contributed by atoms with Crippen LogP contribution in [0.2, 0.25) is 0 Å². The lowest BCUT2D eigenvalue weighted by molar-refractivity contribution is -0.143. The molecule has 228 valence electrons. The maximum absolute atomic E-state index is 14.0. The van der Waals surface area contributed by atoms with E-state index in [2.05, 4.69) is 20.5 Å². The van der Waals surface area contributed by atoms with Crippen LogP contribution >= 0.6 is 11.3 Å². The number of hydrogen-bond donors (Lipinski definition) is 3. The maximum Gasteiger partial charge on any atom is 0.417 e. The first-order valence-electron chi connectivity index (χ1n) is 12.9. The summed E-state index contributed by atoms with van der Waals surface area (Å²) in [6.45, 7) is 5.84. The number of fused-ring (bicyclic) bond motifs is 1. The van der Waals surface area contributed by atoms with Crippen LogP contribution in [0.3, 0.4) is 0 Å². The number of aromatic amines is 1. The number of rotatable bonds is 5. The summed E-state index contributed by atoms with van der Waals surface area (Å²) in [6.07, 6.45) is -7.98. The summed E-state index contributed by atoms with van der Waals surface area (Å²) in [5.74, 6) is -0.491. The highest BCUT2D eigenvalue weighted by atomic mass is 32.1. The fraction of sp³-hybridized carbons (Fsp3) is 0.321. The van der Waals surface area contributed by atoms with Gasteiger partial charge in [0, 0.05) is 24.0 Å². The first kappa shape index (κ1) is 30.2. The van der Waals surface area contributed by atoms with Gasteiger partial charge < -0.3 is 20.1 Å². The lowest BCUT2D eigenvalue weighted by Crippen LogP contribution is -2.57. The Morgan fingerprint density at radius 1 is 1.09 bits per heavy atom. The number of halogens is 6. The molecule has 3 N–H and O–H groups in total. The second kappa shape index (κ2) is 10.8. The normalized spacial score (nSPS) is 15.1. The molecule has 43 heavy (non-hydrogen) atoms. The number of ether oxygens (including phenoxy) is 1. The second-order valence-electron chi connectivity index (χ2n) is 10.9. The molecule has 0 spiro atoms. The number of nitrogens with one attached hydrogen (secondary N) is 2. The van der Waals surface area contributed by atoms with Crippen LogP contribution in [0, 0.1) is 0 Å². The number of carbonyl (C=O) groups excluding carboxylic acids is 1. The van der Waals surface area contributed by atoms with Gasteiger partial charge >= 0.3 is 18.4 Å². The highest BCUT2D eigenvalue weighted by molar-refractivity contribution is 7.17. The van der Waals surface area contributed by atoms with Crippen molar-refractivity contribution in [2.24, 2.45) is 0 Å². The van der Waals surface area contributed by atoms with Gasteiger partial charge in [0.1, 0.15) is 10.5 Å². The summed E-state index contributed by atoms with van der Waals surface area (Å²) in [7, 11) is 0. The molecule has 3 heterocycles. The van der Waals surface area contributed by atoms with Crippen LogP contribution in [0.1, 0.15) is 47.9 Å². The van der Waals surface area contributed by atoms with Crippen LogP contribution in [0.25, 0.3) is 22.6 Å². The molecule has 0 bridgehead atoms. The molecule has 0 radical (unpaired) electrons. The van der Waals surface area contributed by atoms with E-state index in [0.717, 1.165) is 23.5 Å². The number of H-pyrrole nitrogens is 1. The summed E-state index contributed by atoms with van der Waals surface area (Å²) in [4.78, 5) is 17.9. The molecule has 0 atom stereocenters. The number of aromatic nitrogens is 3. The van der Waals surface area contributed by atoms with Crippen molar-refractivity contribution in [1.82, 2.24) is 20.1 Å². The number of amides is 1. The molecular formula is C28H25F6N5O3S. The number of benzene rings is 2. The minimum absolute atomic E-state index is 0.0647. The van der Waals surface area contributed by atoms with E-state index in [0.29, 0.717) is 35.6 Å². The smallest absolute Gasteiger partial charge is 0.417 e. The Kier molecular flexibility index (Phi) is 7.57. The van der Waals surface area contributed by atoms with Crippen molar-refractivity contribution in [2.75, 3.05) is 18.4 Å². The van der Waals surface area contributed by atoms with E-state index in [-0.39, 0.29) is 27.7 Å². The van der Waals surface area contributed by atoms with Gasteiger partial charge in [-0.3, -0.25) is 5.10 Å². The third kappa shape index (κ3) is 6.71. The Bertz CT molecular complexity index is 1700. The zero-order valence-electron chi connectivity index (χ0n) is 22.9. The topological polar surface area (TPSA) is 103 Å². The molecule has 8 nitrogen and oxygen atoms in total. The molecule has 4 aromatic rings. The lowest BCUT2D eigenvalue weighted by atomic mass is 9.96. The fourth-order valence-electron chi connectivity index (χ4n) is 4.42. The van der Waals surface area contributed by atoms with E-state index < -0.39 is 46.6 Å².